The summed E-state index contributed by atoms with van der Waals surface area (Å²) < 4.78 is 27.3. The van der Waals surface area contributed by atoms with E-state index in [1.807, 2.05) is 0 Å². The van der Waals surface area contributed by atoms with Crippen LogP contribution in [0.3, 0.4) is 0 Å². The van der Waals surface area contributed by atoms with Crippen LogP contribution in [-0.2, 0) is 10.0 Å². The van der Waals surface area contributed by atoms with Gasteiger partial charge in [0.1, 0.15) is 0 Å². The van der Waals surface area contributed by atoms with E-state index in [1.165, 1.54) is 12.1 Å². The summed E-state index contributed by atoms with van der Waals surface area (Å²) in [5.74, 6) is -0.0963. The number of hydrogen-bond donors (Lipinski definition) is 2. The van der Waals surface area contributed by atoms with E-state index in [9.17, 15) is 13.2 Å². The third kappa shape index (κ3) is 3.07. The standard InChI is InChI=1S/C12H12BrN3O3S/c1-7-8(2)14-12(15-11(7)17)16-20(18,19)10-5-3-9(13)4-6-10/h3-6H,1-2H3,(H2,14,15,16,17). The molecule has 8 heteroatoms. The van der Waals surface area contributed by atoms with Gasteiger partial charge in [0.05, 0.1) is 4.90 Å². The quantitative estimate of drug-likeness (QED) is 0.877. The second-order valence-corrected chi connectivity index (χ2v) is 6.78. The van der Waals surface area contributed by atoms with Gasteiger partial charge in [-0.2, -0.15) is 0 Å². The van der Waals surface area contributed by atoms with Crippen molar-refractivity contribution in [3.8, 4) is 0 Å². The predicted octanol–water partition coefficient (Wildman–Crippen LogP) is 1.95. The number of aromatic amines is 1. The summed E-state index contributed by atoms with van der Waals surface area (Å²) in [6.45, 7) is 3.26. The maximum atomic E-state index is 12.1. The Hall–Kier alpha value is -1.67. The molecule has 0 aliphatic carbocycles. The average Bonchev–Trinajstić information content (AvgIpc) is 2.36. The first kappa shape index (κ1) is 14.7. The molecule has 0 spiro atoms. The van der Waals surface area contributed by atoms with Crippen molar-refractivity contribution in [2.45, 2.75) is 18.7 Å². The first-order chi connectivity index (χ1) is 9.29. The Morgan fingerprint density at radius 1 is 1.20 bits per heavy atom. The Morgan fingerprint density at radius 2 is 1.80 bits per heavy atom. The third-order valence-corrected chi connectivity index (χ3v) is 4.63. The van der Waals surface area contributed by atoms with Crippen LogP contribution >= 0.6 is 15.9 Å². The highest BCUT2D eigenvalue weighted by Crippen LogP contribution is 2.16. The average molecular weight is 358 g/mol. The molecule has 0 radical (unpaired) electrons. The number of H-pyrrole nitrogens is 1. The van der Waals surface area contributed by atoms with Crippen molar-refractivity contribution >= 4 is 31.9 Å². The largest absolute Gasteiger partial charge is 0.292 e. The lowest BCUT2D eigenvalue weighted by Crippen LogP contribution is -2.21. The molecule has 1 aromatic carbocycles. The van der Waals surface area contributed by atoms with Crippen molar-refractivity contribution in [1.82, 2.24) is 9.97 Å². The summed E-state index contributed by atoms with van der Waals surface area (Å²) in [6, 6.07) is 6.13. The van der Waals surface area contributed by atoms with E-state index in [0.717, 1.165) is 4.47 Å². The van der Waals surface area contributed by atoms with Crippen LogP contribution in [0.1, 0.15) is 11.3 Å². The molecule has 0 amide bonds. The van der Waals surface area contributed by atoms with Crippen LogP contribution in [-0.4, -0.2) is 18.4 Å². The van der Waals surface area contributed by atoms with Crippen molar-refractivity contribution < 1.29 is 8.42 Å². The van der Waals surface area contributed by atoms with Crippen LogP contribution in [0, 0.1) is 13.8 Å². The molecule has 0 saturated carbocycles. The molecule has 6 nitrogen and oxygen atoms in total. The van der Waals surface area contributed by atoms with Gasteiger partial charge in [0.15, 0.2) is 0 Å². The molecule has 0 aliphatic heterocycles. The van der Waals surface area contributed by atoms with Crippen LogP contribution in [0.5, 0.6) is 0 Å². The lowest BCUT2D eigenvalue weighted by molar-refractivity contribution is 0.600. The Bertz CT molecular complexity index is 798. The molecule has 106 valence electrons. The fraction of sp³-hybridized carbons (Fsp3) is 0.167. The van der Waals surface area contributed by atoms with E-state index < -0.39 is 10.0 Å². The topological polar surface area (TPSA) is 91.9 Å². The molecule has 1 heterocycles. The van der Waals surface area contributed by atoms with E-state index in [1.54, 1.807) is 26.0 Å². The van der Waals surface area contributed by atoms with Gasteiger partial charge in [0.2, 0.25) is 5.95 Å². The molecular weight excluding hydrogens is 346 g/mol. The van der Waals surface area contributed by atoms with Gasteiger partial charge < -0.3 is 0 Å². The highest BCUT2D eigenvalue weighted by Gasteiger charge is 2.16. The summed E-state index contributed by atoms with van der Waals surface area (Å²) in [4.78, 5) is 18.1. The summed E-state index contributed by atoms with van der Waals surface area (Å²) in [7, 11) is -3.78. The Balaban J connectivity index is 2.38. The van der Waals surface area contributed by atoms with Crippen LogP contribution in [0.15, 0.2) is 38.4 Å². The molecule has 0 unspecified atom stereocenters. The number of halogens is 1. The number of nitrogens with one attached hydrogen (secondary N) is 2. The molecule has 2 aromatic rings. The zero-order chi connectivity index (χ0) is 14.9. The molecule has 2 rings (SSSR count). The Kier molecular flexibility index (Phi) is 3.96. The predicted molar refractivity (Wildman–Crippen MR) is 79.3 cm³/mol. The monoisotopic (exact) mass is 357 g/mol. The summed E-state index contributed by atoms with van der Waals surface area (Å²) >= 11 is 3.23. The van der Waals surface area contributed by atoms with E-state index >= 15 is 0 Å². The Morgan fingerprint density at radius 3 is 2.35 bits per heavy atom. The van der Waals surface area contributed by atoms with E-state index in [4.69, 9.17) is 0 Å². The van der Waals surface area contributed by atoms with Crippen molar-refractivity contribution in [2.24, 2.45) is 0 Å². The lowest BCUT2D eigenvalue weighted by atomic mass is 10.3. The second kappa shape index (κ2) is 5.37. The van der Waals surface area contributed by atoms with E-state index in [-0.39, 0.29) is 16.4 Å². The number of rotatable bonds is 3. The van der Waals surface area contributed by atoms with Gasteiger partial charge in [0.25, 0.3) is 15.6 Å². The molecule has 0 bridgehead atoms. The molecule has 0 aliphatic rings. The van der Waals surface area contributed by atoms with Gasteiger partial charge >= 0.3 is 0 Å². The first-order valence-corrected chi connectivity index (χ1v) is 7.93. The van der Waals surface area contributed by atoms with Gasteiger partial charge in [-0.15, -0.1) is 0 Å². The molecule has 0 saturated heterocycles. The minimum atomic E-state index is -3.78. The van der Waals surface area contributed by atoms with Gasteiger partial charge in [-0.3, -0.25) is 9.78 Å². The SMILES string of the molecule is Cc1nc(NS(=O)(=O)c2ccc(Br)cc2)[nH]c(=O)c1C. The smallest absolute Gasteiger partial charge is 0.264 e. The van der Waals surface area contributed by atoms with Crippen LogP contribution in [0.4, 0.5) is 5.95 Å². The van der Waals surface area contributed by atoms with Gasteiger partial charge in [0, 0.05) is 15.7 Å². The van der Waals surface area contributed by atoms with Crippen LogP contribution in [0.25, 0.3) is 0 Å². The van der Waals surface area contributed by atoms with Crippen molar-refractivity contribution in [2.75, 3.05) is 4.72 Å². The summed E-state index contributed by atoms with van der Waals surface area (Å²) in [6.07, 6.45) is 0. The zero-order valence-corrected chi connectivity index (χ0v) is 13.2. The molecular formula is C12H12BrN3O3S. The number of sulfonamides is 1. The van der Waals surface area contributed by atoms with Crippen molar-refractivity contribution in [3.05, 3.63) is 50.3 Å². The van der Waals surface area contributed by atoms with Gasteiger partial charge in [-0.05, 0) is 38.1 Å². The van der Waals surface area contributed by atoms with Crippen LogP contribution in [0.2, 0.25) is 0 Å². The number of hydrogen-bond acceptors (Lipinski definition) is 4. The number of anilines is 1. The van der Waals surface area contributed by atoms with Crippen molar-refractivity contribution in [3.63, 3.8) is 0 Å². The number of nitrogens with zero attached hydrogens (tertiary/aromatic N) is 1. The zero-order valence-electron chi connectivity index (χ0n) is 10.8. The number of aryl methyl sites for hydroxylation is 1. The molecule has 2 N–H and O–H groups in total. The van der Waals surface area contributed by atoms with Gasteiger partial charge in [-0.25, -0.2) is 18.1 Å². The minimum Gasteiger partial charge on any atom is -0.292 e. The summed E-state index contributed by atoms with van der Waals surface area (Å²) in [5.41, 5.74) is 0.560. The second-order valence-electron chi connectivity index (χ2n) is 4.18. The molecule has 20 heavy (non-hydrogen) atoms. The van der Waals surface area contributed by atoms with E-state index in [2.05, 4.69) is 30.6 Å². The fourth-order valence-corrected chi connectivity index (χ4v) is 2.72. The Labute approximate surface area is 124 Å². The summed E-state index contributed by atoms with van der Waals surface area (Å²) in [5, 5.41) is 0. The van der Waals surface area contributed by atoms with Crippen molar-refractivity contribution in [1.29, 1.82) is 0 Å². The fourth-order valence-electron chi connectivity index (χ4n) is 1.49. The highest BCUT2D eigenvalue weighted by atomic mass is 79.9. The normalized spacial score (nSPS) is 11.3. The minimum absolute atomic E-state index is 0.0848. The maximum absolute atomic E-state index is 12.1. The number of benzene rings is 1. The highest BCUT2D eigenvalue weighted by molar-refractivity contribution is 9.10. The number of aromatic nitrogens is 2. The molecule has 1 aromatic heterocycles. The van der Waals surface area contributed by atoms with E-state index in [0.29, 0.717) is 11.3 Å². The third-order valence-electron chi connectivity index (χ3n) is 2.75. The molecule has 0 fully saturated rings. The maximum Gasteiger partial charge on any atom is 0.264 e. The lowest BCUT2D eigenvalue weighted by Gasteiger charge is -2.08. The first-order valence-electron chi connectivity index (χ1n) is 5.65. The van der Waals surface area contributed by atoms with Gasteiger partial charge in [-0.1, -0.05) is 15.9 Å². The van der Waals surface area contributed by atoms with Crippen LogP contribution < -0.4 is 10.3 Å². The molecule has 0 atom stereocenters.